The van der Waals surface area contributed by atoms with Gasteiger partial charge in [0.05, 0.1) is 16.0 Å². The molecule has 4 rings (SSSR count). The van der Waals surface area contributed by atoms with Crippen LogP contribution in [-0.2, 0) is 0 Å². The SMILES string of the molecule is CSc1ncc(-c2ccc(C3=[N+](c4ccccc4C)C(C(F)(F)F)=C3)s2)cc1C. The van der Waals surface area contributed by atoms with Crippen molar-refractivity contribution in [1.29, 1.82) is 0 Å². The number of rotatable bonds is 4. The van der Waals surface area contributed by atoms with Gasteiger partial charge >= 0.3 is 6.18 Å². The Bertz CT molecular complexity index is 1160. The standard InChI is InChI=1S/C22H18F3N2S2/c1-13-6-4-5-7-16(13)27-17(11-20(27)22(23,24)25)19-9-8-18(29-19)15-10-14(2)21(28-3)26-12-15/h4-12H,1-3H3/q+1. The molecule has 1 aliphatic heterocycles. The fourth-order valence-electron chi connectivity index (χ4n) is 3.33. The van der Waals surface area contributed by atoms with Crippen molar-refractivity contribution in [3.63, 3.8) is 0 Å². The number of nitrogens with zero attached hydrogens (tertiary/aromatic N) is 2. The lowest BCUT2D eigenvalue weighted by atomic mass is 10.1. The van der Waals surface area contributed by atoms with E-state index in [-0.39, 0.29) is 0 Å². The molecule has 0 radical (unpaired) electrons. The van der Waals surface area contributed by atoms with Gasteiger partial charge in [-0.2, -0.15) is 13.2 Å². The Labute approximate surface area is 175 Å². The van der Waals surface area contributed by atoms with Crippen LogP contribution in [0.25, 0.3) is 10.4 Å². The molecule has 0 saturated carbocycles. The first-order chi connectivity index (χ1) is 13.8. The minimum atomic E-state index is -4.40. The molecule has 3 aromatic rings. The van der Waals surface area contributed by atoms with Gasteiger partial charge in [0.25, 0.3) is 5.70 Å². The van der Waals surface area contributed by atoms with E-state index >= 15 is 0 Å². The fourth-order valence-corrected chi connectivity index (χ4v) is 4.86. The predicted molar refractivity (Wildman–Crippen MR) is 113 cm³/mol. The summed E-state index contributed by atoms with van der Waals surface area (Å²) >= 11 is 3.06. The summed E-state index contributed by atoms with van der Waals surface area (Å²) in [6.07, 6.45) is 0.620. The molecule has 0 amide bonds. The number of para-hydroxylation sites is 1. The van der Waals surface area contributed by atoms with Gasteiger partial charge in [0.15, 0.2) is 0 Å². The number of pyridine rings is 1. The number of aromatic nitrogens is 1. The van der Waals surface area contributed by atoms with E-state index < -0.39 is 11.9 Å². The highest BCUT2D eigenvalue weighted by molar-refractivity contribution is 7.98. The predicted octanol–water partition coefficient (Wildman–Crippen LogP) is 6.74. The Hall–Kier alpha value is -2.38. The Balaban J connectivity index is 1.77. The summed E-state index contributed by atoms with van der Waals surface area (Å²) in [6.45, 7) is 3.83. The van der Waals surface area contributed by atoms with Crippen molar-refractivity contribution in [2.45, 2.75) is 25.0 Å². The maximum atomic E-state index is 13.5. The summed E-state index contributed by atoms with van der Waals surface area (Å²) in [5.41, 5.74) is 3.33. The summed E-state index contributed by atoms with van der Waals surface area (Å²) in [7, 11) is 0. The van der Waals surface area contributed by atoms with Gasteiger partial charge in [-0.3, -0.25) is 0 Å². The summed E-state index contributed by atoms with van der Waals surface area (Å²) in [4.78, 5) is 6.25. The second-order valence-electron chi connectivity index (χ2n) is 6.75. The van der Waals surface area contributed by atoms with Crippen molar-refractivity contribution in [2.75, 3.05) is 6.26 Å². The summed E-state index contributed by atoms with van der Waals surface area (Å²) in [6, 6.07) is 13.0. The average molecular weight is 432 g/mol. The molecule has 0 fully saturated rings. The van der Waals surface area contributed by atoms with Crippen LogP contribution in [0.5, 0.6) is 0 Å². The number of allylic oxidation sites excluding steroid dienone is 2. The van der Waals surface area contributed by atoms with Crippen molar-refractivity contribution >= 4 is 34.5 Å². The Morgan fingerprint density at radius 1 is 1.00 bits per heavy atom. The van der Waals surface area contributed by atoms with Gasteiger partial charge in [0.2, 0.25) is 11.4 Å². The fraction of sp³-hybridized carbons (Fsp3) is 0.182. The third-order valence-corrected chi connectivity index (χ3v) is 6.74. The number of alkyl halides is 3. The normalized spacial score (nSPS) is 14.1. The molecule has 1 aliphatic rings. The van der Waals surface area contributed by atoms with Gasteiger partial charge < -0.3 is 0 Å². The van der Waals surface area contributed by atoms with Crippen molar-refractivity contribution in [2.24, 2.45) is 0 Å². The van der Waals surface area contributed by atoms with Crippen LogP contribution < -0.4 is 0 Å². The van der Waals surface area contributed by atoms with Crippen molar-refractivity contribution in [3.05, 3.63) is 76.4 Å². The van der Waals surface area contributed by atoms with E-state index in [1.807, 2.05) is 50.6 Å². The second kappa shape index (κ2) is 7.46. The van der Waals surface area contributed by atoms with E-state index in [9.17, 15) is 13.2 Å². The molecule has 0 unspecified atom stereocenters. The summed E-state index contributed by atoms with van der Waals surface area (Å²) in [5, 5.41) is 0.974. The van der Waals surface area contributed by atoms with Crippen LogP contribution in [0.1, 0.15) is 16.0 Å². The first-order valence-electron chi connectivity index (χ1n) is 8.92. The lowest BCUT2D eigenvalue weighted by Gasteiger charge is -2.19. The van der Waals surface area contributed by atoms with E-state index in [2.05, 4.69) is 11.1 Å². The van der Waals surface area contributed by atoms with Crippen LogP contribution in [-0.4, -0.2) is 27.7 Å². The van der Waals surface area contributed by atoms with E-state index in [0.717, 1.165) is 31.5 Å². The first kappa shape index (κ1) is 19.9. The first-order valence-corrected chi connectivity index (χ1v) is 11.0. The van der Waals surface area contributed by atoms with Crippen LogP contribution in [0.2, 0.25) is 0 Å². The van der Waals surface area contributed by atoms with Gasteiger partial charge in [-0.15, -0.1) is 27.7 Å². The molecule has 29 heavy (non-hydrogen) atoms. The zero-order valence-corrected chi connectivity index (χ0v) is 17.7. The van der Waals surface area contributed by atoms with E-state index in [4.69, 9.17) is 0 Å². The highest BCUT2D eigenvalue weighted by atomic mass is 32.2. The van der Waals surface area contributed by atoms with E-state index in [1.54, 1.807) is 23.9 Å². The molecule has 0 aliphatic carbocycles. The average Bonchev–Trinajstić information content (AvgIpc) is 3.11. The molecule has 148 valence electrons. The number of hydrogen-bond donors (Lipinski definition) is 0. The Morgan fingerprint density at radius 2 is 1.72 bits per heavy atom. The molecule has 7 heteroatoms. The molecule has 0 N–H and O–H groups in total. The number of benzene rings is 1. The van der Waals surface area contributed by atoms with Crippen molar-refractivity contribution < 1.29 is 17.7 Å². The minimum Gasteiger partial charge on any atom is -0.249 e. The molecular formula is C22H18F3N2S2+. The minimum absolute atomic E-state index is 0.550. The van der Waals surface area contributed by atoms with Crippen molar-refractivity contribution in [3.8, 4) is 10.4 Å². The van der Waals surface area contributed by atoms with Crippen LogP contribution in [0.4, 0.5) is 18.9 Å². The molecule has 0 spiro atoms. The van der Waals surface area contributed by atoms with Crippen molar-refractivity contribution in [1.82, 2.24) is 4.98 Å². The van der Waals surface area contributed by atoms with Crippen LogP contribution in [0.15, 0.2) is 65.5 Å². The Morgan fingerprint density at radius 3 is 2.38 bits per heavy atom. The number of halogens is 3. The largest absolute Gasteiger partial charge is 0.478 e. The lowest BCUT2D eigenvalue weighted by Crippen LogP contribution is -2.34. The van der Waals surface area contributed by atoms with Crippen LogP contribution in [0, 0.1) is 13.8 Å². The maximum absolute atomic E-state index is 13.5. The quantitative estimate of drug-likeness (QED) is 0.336. The third kappa shape index (κ3) is 3.65. The zero-order valence-electron chi connectivity index (χ0n) is 16.0. The molecular weight excluding hydrogens is 413 g/mol. The zero-order chi connectivity index (χ0) is 20.8. The van der Waals surface area contributed by atoms with E-state index in [1.165, 1.54) is 22.0 Å². The van der Waals surface area contributed by atoms with E-state index in [0.29, 0.717) is 11.4 Å². The molecule has 1 aromatic carbocycles. The topological polar surface area (TPSA) is 15.9 Å². The third-order valence-electron chi connectivity index (χ3n) is 4.77. The molecule has 2 nitrogen and oxygen atoms in total. The van der Waals surface area contributed by atoms with Gasteiger partial charge in [-0.1, -0.05) is 18.2 Å². The summed E-state index contributed by atoms with van der Waals surface area (Å²) < 4.78 is 41.9. The highest BCUT2D eigenvalue weighted by Gasteiger charge is 2.51. The summed E-state index contributed by atoms with van der Waals surface area (Å²) in [5.74, 6) is 0. The van der Waals surface area contributed by atoms with Crippen LogP contribution in [0.3, 0.4) is 0 Å². The smallest absolute Gasteiger partial charge is 0.249 e. The molecule has 3 heterocycles. The van der Waals surface area contributed by atoms with Gasteiger partial charge in [0.1, 0.15) is 0 Å². The maximum Gasteiger partial charge on any atom is 0.478 e. The monoisotopic (exact) mass is 431 g/mol. The molecule has 0 saturated heterocycles. The Kier molecular flexibility index (Phi) is 5.12. The lowest BCUT2D eigenvalue weighted by molar-refractivity contribution is -0.435. The number of thiophene rings is 1. The second-order valence-corrected chi connectivity index (χ2v) is 8.63. The highest BCUT2D eigenvalue weighted by Crippen LogP contribution is 2.40. The number of aryl methyl sites for hydroxylation is 2. The molecule has 0 bridgehead atoms. The van der Waals surface area contributed by atoms with Gasteiger partial charge in [0, 0.05) is 28.3 Å². The number of hydrogen-bond acceptors (Lipinski definition) is 3. The van der Waals surface area contributed by atoms with Gasteiger partial charge in [-0.25, -0.2) is 4.98 Å². The molecule has 2 aromatic heterocycles. The number of thioether (sulfide) groups is 1. The van der Waals surface area contributed by atoms with Crippen LogP contribution >= 0.6 is 23.1 Å². The molecule has 0 atom stereocenters. The van der Waals surface area contributed by atoms with Gasteiger partial charge in [-0.05, 0) is 43.9 Å².